The summed E-state index contributed by atoms with van der Waals surface area (Å²) in [6.45, 7) is 2.06. The van der Waals surface area contributed by atoms with E-state index in [1.165, 1.54) is 5.75 Å². The molecular weight excluding hydrogens is 182 g/mol. The number of rotatable bonds is 1. The zero-order valence-corrected chi connectivity index (χ0v) is 7.91. The van der Waals surface area contributed by atoms with Crippen LogP contribution in [0.3, 0.4) is 0 Å². The molecule has 3 nitrogen and oxygen atoms in total. The average molecular weight is 193 g/mol. The molecule has 0 atom stereocenters. The summed E-state index contributed by atoms with van der Waals surface area (Å²) in [7, 11) is 3.69. The Bertz CT molecular complexity index is 133. The monoisotopic (exact) mass is 193 g/mol. The molecule has 0 aliphatic carbocycles. The second-order valence-electron chi connectivity index (χ2n) is 1.50. The van der Waals surface area contributed by atoms with Gasteiger partial charge in [-0.1, -0.05) is 27.7 Å². The van der Waals surface area contributed by atoms with Crippen molar-refractivity contribution in [3.63, 3.8) is 0 Å². The molecule has 1 heterocycles. The average Bonchev–Trinajstić information content (AvgIpc) is 2.41. The van der Waals surface area contributed by atoms with E-state index in [9.17, 15) is 4.79 Å². The molecule has 11 heavy (non-hydrogen) atoms. The SMILES string of the molecule is C1=CSSC1.CCOC(N)=O. The Morgan fingerprint density at radius 3 is 2.64 bits per heavy atom. The van der Waals surface area contributed by atoms with Gasteiger partial charge in [-0.3, -0.25) is 0 Å². The molecule has 0 spiro atoms. The third-order valence-electron chi connectivity index (χ3n) is 0.671. The molecular formula is C6H11NO2S2. The van der Waals surface area contributed by atoms with Gasteiger partial charge in [-0.15, -0.1) is 0 Å². The summed E-state index contributed by atoms with van der Waals surface area (Å²) in [6.07, 6.45) is 1.45. The fourth-order valence-corrected chi connectivity index (χ4v) is 1.91. The van der Waals surface area contributed by atoms with Crippen LogP contribution in [0.15, 0.2) is 11.5 Å². The number of hydrogen-bond acceptors (Lipinski definition) is 4. The maximum absolute atomic E-state index is 9.60. The summed E-state index contributed by atoms with van der Waals surface area (Å²) >= 11 is 0. The molecule has 0 bridgehead atoms. The van der Waals surface area contributed by atoms with E-state index in [4.69, 9.17) is 0 Å². The van der Waals surface area contributed by atoms with E-state index in [-0.39, 0.29) is 0 Å². The van der Waals surface area contributed by atoms with Crippen molar-refractivity contribution < 1.29 is 9.53 Å². The van der Waals surface area contributed by atoms with Gasteiger partial charge in [-0.25, -0.2) is 4.79 Å². The lowest BCUT2D eigenvalue weighted by Gasteiger charge is -1.89. The second-order valence-corrected chi connectivity index (χ2v) is 3.82. The van der Waals surface area contributed by atoms with Crippen molar-refractivity contribution in [2.24, 2.45) is 5.73 Å². The third-order valence-corrected chi connectivity index (χ3v) is 2.59. The van der Waals surface area contributed by atoms with Gasteiger partial charge in [0, 0.05) is 5.75 Å². The lowest BCUT2D eigenvalue weighted by molar-refractivity contribution is 0.163. The van der Waals surface area contributed by atoms with Crippen molar-refractivity contribution in [1.29, 1.82) is 0 Å². The molecule has 0 aromatic heterocycles. The van der Waals surface area contributed by atoms with Gasteiger partial charge in [0.1, 0.15) is 0 Å². The molecule has 0 radical (unpaired) electrons. The Morgan fingerprint density at radius 2 is 2.55 bits per heavy atom. The fourth-order valence-electron chi connectivity index (χ4n) is 0.339. The van der Waals surface area contributed by atoms with Crippen LogP contribution in [0.5, 0.6) is 0 Å². The highest BCUT2D eigenvalue weighted by atomic mass is 33.1. The van der Waals surface area contributed by atoms with Crippen LogP contribution in [0.25, 0.3) is 0 Å². The zero-order chi connectivity index (χ0) is 8.53. The largest absolute Gasteiger partial charge is 0.450 e. The molecule has 0 unspecified atom stereocenters. The summed E-state index contributed by atoms with van der Waals surface area (Å²) in [5.41, 5.74) is 4.54. The Kier molecular flexibility index (Phi) is 7.61. The molecule has 1 rings (SSSR count). The molecule has 0 fully saturated rings. The number of hydrogen-bond donors (Lipinski definition) is 1. The molecule has 0 aromatic rings. The van der Waals surface area contributed by atoms with Crippen LogP contribution in [0, 0.1) is 0 Å². The molecule has 1 aliphatic rings. The van der Waals surface area contributed by atoms with Crippen LogP contribution >= 0.6 is 21.6 Å². The Balaban J connectivity index is 0.000000183. The summed E-state index contributed by atoms with van der Waals surface area (Å²) in [4.78, 5) is 9.60. The van der Waals surface area contributed by atoms with E-state index in [1.54, 1.807) is 6.92 Å². The minimum atomic E-state index is -0.711. The van der Waals surface area contributed by atoms with Crippen molar-refractivity contribution in [3.8, 4) is 0 Å². The molecule has 1 amide bonds. The van der Waals surface area contributed by atoms with Gasteiger partial charge in [0.05, 0.1) is 6.61 Å². The van der Waals surface area contributed by atoms with Gasteiger partial charge >= 0.3 is 6.09 Å². The smallest absolute Gasteiger partial charge is 0.404 e. The highest BCUT2D eigenvalue weighted by molar-refractivity contribution is 8.78. The van der Waals surface area contributed by atoms with Gasteiger partial charge in [-0.2, -0.15) is 0 Å². The van der Waals surface area contributed by atoms with Crippen molar-refractivity contribution in [2.45, 2.75) is 6.92 Å². The normalized spacial score (nSPS) is 13.5. The lowest BCUT2D eigenvalue weighted by atomic mass is 10.8. The zero-order valence-electron chi connectivity index (χ0n) is 6.28. The van der Waals surface area contributed by atoms with Crippen LogP contribution in [-0.2, 0) is 4.74 Å². The Hall–Kier alpha value is -0.290. The molecule has 64 valence electrons. The van der Waals surface area contributed by atoms with Crippen molar-refractivity contribution >= 4 is 27.7 Å². The standard InChI is InChI=1S/C3H7NO2.C3H4S2/c1-2-6-3(4)5;1-2-4-5-3-1/h2H2,1H3,(H2,4,5);1-2H,3H2. The number of carbonyl (C=O) groups excluding carboxylic acids is 1. The Labute approximate surface area is 74.1 Å². The topological polar surface area (TPSA) is 52.3 Å². The summed E-state index contributed by atoms with van der Waals surface area (Å²) in [6, 6.07) is 0. The highest BCUT2D eigenvalue weighted by Crippen LogP contribution is 2.27. The van der Waals surface area contributed by atoms with Crippen molar-refractivity contribution in [1.82, 2.24) is 0 Å². The molecule has 0 saturated carbocycles. The van der Waals surface area contributed by atoms with Crippen LogP contribution in [0.4, 0.5) is 4.79 Å². The fraction of sp³-hybridized carbons (Fsp3) is 0.500. The van der Waals surface area contributed by atoms with E-state index < -0.39 is 6.09 Å². The molecule has 0 aromatic carbocycles. The van der Waals surface area contributed by atoms with E-state index in [1.807, 2.05) is 21.6 Å². The first-order chi connectivity index (χ1) is 5.27. The first-order valence-electron chi connectivity index (χ1n) is 3.13. The first kappa shape index (κ1) is 10.7. The van der Waals surface area contributed by atoms with E-state index >= 15 is 0 Å². The number of carbonyl (C=O) groups is 1. The second kappa shape index (κ2) is 7.81. The van der Waals surface area contributed by atoms with Gasteiger partial charge in [0.25, 0.3) is 0 Å². The molecule has 1 aliphatic heterocycles. The third kappa shape index (κ3) is 9.71. The number of ether oxygens (including phenoxy) is 1. The van der Waals surface area contributed by atoms with Crippen LogP contribution in [0.2, 0.25) is 0 Å². The van der Waals surface area contributed by atoms with Crippen LogP contribution in [0.1, 0.15) is 6.92 Å². The molecule has 0 saturated heterocycles. The maximum Gasteiger partial charge on any atom is 0.404 e. The summed E-state index contributed by atoms with van der Waals surface area (Å²) < 4.78 is 4.18. The quantitative estimate of drug-likeness (QED) is 0.647. The number of amides is 1. The summed E-state index contributed by atoms with van der Waals surface area (Å²) in [5, 5.41) is 2.12. The minimum Gasteiger partial charge on any atom is -0.450 e. The summed E-state index contributed by atoms with van der Waals surface area (Å²) in [5.74, 6) is 1.20. The van der Waals surface area contributed by atoms with Gasteiger partial charge in [0.2, 0.25) is 0 Å². The highest BCUT2D eigenvalue weighted by Gasteiger charge is 1.86. The van der Waals surface area contributed by atoms with E-state index in [0.29, 0.717) is 6.61 Å². The first-order valence-corrected chi connectivity index (χ1v) is 5.51. The molecule has 2 N–H and O–H groups in total. The van der Waals surface area contributed by atoms with Gasteiger partial charge in [-0.05, 0) is 12.3 Å². The van der Waals surface area contributed by atoms with Gasteiger partial charge in [0.15, 0.2) is 0 Å². The van der Waals surface area contributed by atoms with Crippen LogP contribution < -0.4 is 5.73 Å². The predicted octanol–water partition coefficient (Wildman–Crippen LogP) is 2.00. The minimum absolute atomic E-state index is 0.356. The van der Waals surface area contributed by atoms with E-state index in [2.05, 4.69) is 22.0 Å². The predicted molar refractivity (Wildman–Crippen MR) is 50.4 cm³/mol. The number of nitrogens with two attached hydrogens (primary N) is 1. The lowest BCUT2D eigenvalue weighted by Crippen LogP contribution is -2.11. The van der Waals surface area contributed by atoms with Crippen molar-refractivity contribution in [3.05, 3.63) is 11.5 Å². The van der Waals surface area contributed by atoms with Crippen LogP contribution in [-0.4, -0.2) is 18.5 Å². The maximum atomic E-state index is 9.60. The Morgan fingerprint density at radius 1 is 1.82 bits per heavy atom. The van der Waals surface area contributed by atoms with Crippen molar-refractivity contribution in [2.75, 3.05) is 12.4 Å². The van der Waals surface area contributed by atoms with Gasteiger partial charge < -0.3 is 10.5 Å². The molecule has 5 heteroatoms. The van der Waals surface area contributed by atoms with E-state index in [0.717, 1.165) is 0 Å². The number of primary amides is 1.